The van der Waals surface area contributed by atoms with E-state index in [9.17, 15) is 4.79 Å². The van der Waals surface area contributed by atoms with Crippen LogP contribution in [0.3, 0.4) is 0 Å². The van der Waals surface area contributed by atoms with Crippen LogP contribution in [0.15, 0.2) is 18.3 Å². The van der Waals surface area contributed by atoms with Crippen LogP contribution in [0, 0.1) is 0 Å². The Kier molecular flexibility index (Phi) is 3.71. The normalized spacial score (nSPS) is 12.4. The van der Waals surface area contributed by atoms with Gasteiger partial charge in [0, 0.05) is 0 Å². The van der Waals surface area contributed by atoms with Crippen LogP contribution in [0.5, 0.6) is 5.75 Å². The zero-order valence-electron chi connectivity index (χ0n) is 11.4. The highest BCUT2D eigenvalue weighted by Gasteiger charge is 2.20. The van der Waals surface area contributed by atoms with Gasteiger partial charge >= 0.3 is 5.97 Å². The Morgan fingerprint density at radius 2 is 2.16 bits per heavy atom. The Morgan fingerprint density at radius 1 is 1.42 bits per heavy atom. The summed E-state index contributed by atoms with van der Waals surface area (Å²) < 4.78 is 11.8. The molecule has 2 aromatic rings. The molecule has 0 amide bonds. The van der Waals surface area contributed by atoms with Crippen LogP contribution in [0.25, 0.3) is 5.52 Å². The van der Waals surface area contributed by atoms with Crippen LogP contribution in [0.1, 0.15) is 29.3 Å². The van der Waals surface area contributed by atoms with Crippen LogP contribution >= 0.6 is 0 Å². The minimum absolute atomic E-state index is 0.00184. The van der Waals surface area contributed by atoms with E-state index in [-0.39, 0.29) is 6.04 Å². The lowest BCUT2D eigenvalue weighted by Gasteiger charge is -2.09. The molecule has 0 fully saturated rings. The van der Waals surface area contributed by atoms with E-state index in [1.165, 1.54) is 7.11 Å². The van der Waals surface area contributed by atoms with Crippen molar-refractivity contribution in [2.75, 3.05) is 21.3 Å². The highest BCUT2D eigenvalue weighted by Crippen LogP contribution is 2.22. The number of carbonyl (C=O) groups is 1. The predicted octanol–water partition coefficient (Wildman–Crippen LogP) is 1.41. The van der Waals surface area contributed by atoms with Gasteiger partial charge in [0.1, 0.15) is 11.6 Å². The molecular weight excluding hydrogens is 246 g/mol. The van der Waals surface area contributed by atoms with E-state index < -0.39 is 5.97 Å². The Bertz CT molecular complexity index is 606. The summed E-state index contributed by atoms with van der Waals surface area (Å²) in [6, 6.07) is 3.58. The number of imidazole rings is 1. The SMILES string of the molecule is CNC(C)c1nc(C(=O)OC)c2ccc(OC)cn12. The molecule has 2 heterocycles. The lowest BCUT2D eigenvalue weighted by molar-refractivity contribution is 0.0596. The van der Waals surface area contributed by atoms with Gasteiger partial charge in [-0.1, -0.05) is 0 Å². The standard InChI is InChI=1S/C13H17N3O3/c1-8(14-2)12-15-11(13(17)19-4)10-6-5-9(18-3)7-16(10)12/h5-8,14H,1-4H3. The number of rotatable bonds is 4. The molecule has 0 bridgehead atoms. The van der Waals surface area contributed by atoms with Gasteiger partial charge in [-0.2, -0.15) is 0 Å². The van der Waals surface area contributed by atoms with Crippen molar-refractivity contribution in [3.8, 4) is 5.75 Å². The average molecular weight is 263 g/mol. The summed E-state index contributed by atoms with van der Waals surface area (Å²) in [5.41, 5.74) is 1.01. The largest absolute Gasteiger partial charge is 0.495 e. The number of nitrogens with one attached hydrogen (secondary N) is 1. The molecule has 1 atom stereocenters. The summed E-state index contributed by atoms with van der Waals surface area (Å²) in [5.74, 6) is 0.986. The van der Waals surface area contributed by atoms with E-state index in [1.807, 2.05) is 18.4 Å². The second-order valence-corrected chi connectivity index (χ2v) is 4.14. The fourth-order valence-electron chi connectivity index (χ4n) is 1.89. The third-order valence-electron chi connectivity index (χ3n) is 3.07. The van der Waals surface area contributed by atoms with Crippen molar-refractivity contribution in [2.45, 2.75) is 13.0 Å². The highest BCUT2D eigenvalue weighted by molar-refractivity contribution is 5.95. The number of pyridine rings is 1. The smallest absolute Gasteiger partial charge is 0.358 e. The minimum atomic E-state index is -0.447. The van der Waals surface area contributed by atoms with E-state index in [1.54, 1.807) is 25.4 Å². The molecule has 19 heavy (non-hydrogen) atoms. The molecule has 6 nitrogen and oxygen atoms in total. The van der Waals surface area contributed by atoms with Gasteiger partial charge in [0.25, 0.3) is 0 Å². The van der Waals surface area contributed by atoms with Gasteiger partial charge in [0.05, 0.1) is 32.0 Å². The summed E-state index contributed by atoms with van der Waals surface area (Å²) in [5, 5.41) is 3.10. The molecule has 0 aliphatic heterocycles. The molecule has 2 rings (SSSR count). The predicted molar refractivity (Wildman–Crippen MR) is 70.6 cm³/mol. The minimum Gasteiger partial charge on any atom is -0.495 e. The summed E-state index contributed by atoms with van der Waals surface area (Å²) in [7, 11) is 4.78. The molecule has 2 aromatic heterocycles. The first kappa shape index (κ1) is 13.4. The van der Waals surface area contributed by atoms with Crippen molar-refractivity contribution in [1.29, 1.82) is 0 Å². The Balaban J connectivity index is 2.69. The number of nitrogens with zero attached hydrogens (tertiary/aromatic N) is 2. The molecule has 0 aliphatic rings. The number of hydrogen-bond donors (Lipinski definition) is 1. The van der Waals surface area contributed by atoms with Gasteiger partial charge in [0.15, 0.2) is 5.69 Å². The van der Waals surface area contributed by atoms with Crippen LogP contribution in [-0.2, 0) is 4.74 Å². The number of methoxy groups -OCH3 is 2. The maximum Gasteiger partial charge on any atom is 0.358 e. The Labute approximate surface area is 111 Å². The third kappa shape index (κ3) is 2.26. The number of fused-ring (bicyclic) bond motifs is 1. The van der Waals surface area contributed by atoms with E-state index in [0.29, 0.717) is 17.0 Å². The quantitative estimate of drug-likeness (QED) is 0.845. The molecule has 0 spiro atoms. The number of ether oxygens (including phenoxy) is 2. The summed E-state index contributed by atoms with van der Waals surface area (Å²) in [6.45, 7) is 1.97. The molecule has 0 saturated carbocycles. The fourth-order valence-corrected chi connectivity index (χ4v) is 1.89. The number of aromatic nitrogens is 2. The first-order valence-electron chi connectivity index (χ1n) is 5.94. The Morgan fingerprint density at radius 3 is 2.74 bits per heavy atom. The zero-order valence-corrected chi connectivity index (χ0v) is 11.4. The lowest BCUT2D eigenvalue weighted by Crippen LogP contribution is -2.15. The van der Waals surface area contributed by atoms with Gasteiger partial charge in [-0.3, -0.25) is 4.40 Å². The first-order chi connectivity index (χ1) is 9.12. The molecular formula is C13H17N3O3. The molecule has 1 N–H and O–H groups in total. The number of hydrogen-bond acceptors (Lipinski definition) is 5. The summed E-state index contributed by atoms with van der Waals surface area (Å²) in [4.78, 5) is 16.1. The Hall–Kier alpha value is -2.08. The van der Waals surface area contributed by atoms with E-state index in [2.05, 4.69) is 10.3 Å². The molecule has 1 unspecified atom stereocenters. The highest BCUT2D eigenvalue weighted by atomic mass is 16.5. The van der Waals surface area contributed by atoms with Crippen molar-refractivity contribution in [2.24, 2.45) is 0 Å². The van der Waals surface area contributed by atoms with Gasteiger partial charge in [-0.25, -0.2) is 9.78 Å². The van der Waals surface area contributed by atoms with E-state index >= 15 is 0 Å². The summed E-state index contributed by atoms with van der Waals surface area (Å²) >= 11 is 0. The monoisotopic (exact) mass is 263 g/mol. The third-order valence-corrected chi connectivity index (χ3v) is 3.07. The zero-order chi connectivity index (χ0) is 14.0. The second kappa shape index (κ2) is 5.27. The van der Waals surface area contributed by atoms with Crippen LogP contribution in [0.2, 0.25) is 0 Å². The summed E-state index contributed by atoms with van der Waals surface area (Å²) in [6.07, 6.45) is 1.80. The van der Waals surface area contributed by atoms with Crippen LogP contribution in [0.4, 0.5) is 0 Å². The fraction of sp³-hybridized carbons (Fsp3) is 0.385. The van der Waals surface area contributed by atoms with Gasteiger partial charge < -0.3 is 14.8 Å². The second-order valence-electron chi connectivity index (χ2n) is 4.14. The molecule has 0 radical (unpaired) electrons. The molecule has 6 heteroatoms. The number of carbonyl (C=O) groups excluding carboxylic acids is 1. The number of esters is 1. The first-order valence-corrected chi connectivity index (χ1v) is 5.94. The van der Waals surface area contributed by atoms with E-state index in [4.69, 9.17) is 9.47 Å². The maximum absolute atomic E-state index is 11.8. The topological polar surface area (TPSA) is 64.9 Å². The molecule has 102 valence electrons. The van der Waals surface area contributed by atoms with Crippen LogP contribution < -0.4 is 10.1 Å². The van der Waals surface area contributed by atoms with Crippen molar-refractivity contribution in [3.63, 3.8) is 0 Å². The van der Waals surface area contributed by atoms with Gasteiger partial charge in [0.2, 0.25) is 0 Å². The van der Waals surface area contributed by atoms with Crippen molar-refractivity contribution in [1.82, 2.24) is 14.7 Å². The van der Waals surface area contributed by atoms with Crippen molar-refractivity contribution in [3.05, 3.63) is 29.8 Å². The van der Waals surface area contributed by atoms with Crippen molar-refractivity contribution >= 4 is 11.5 Å². The molecule has 0 aliphatic carbocycles. The van der Waals surface area contributed by atoms with Crippen molar-refractivity contribution < 1.29 is 14.3 Å². The maximum atomic E-state index is 11.8. The van der Waals surface area contributed by atoms with E-state index in [0.717, 1.165) is 5.82 Å². The lowest BCUT2D eigenvalue weighted by atomic mass is 10.3. The van der Waals surface area contributed by atoms with Crippen LogP contribution in [-0.4, -0.2) is 36.6 Å². The van der Waals surface area contributed by atoms with Gasteiger partial charge in [-0.05, 0) is 26.1 Å². The average Bonchev–Trinajstić information content (AvgIpc) is 2.84. The van der Waals surface area contributed by atoms with Gasteiger partial charge in [-0.15, -0.1) is 0 Å². The molecule has 0 saturated heterocycles. The molecule has 0 aromatic carbocycles.